The Hall–Kier alpha value is -0.160. The van der Waals surface area contributed by atoms with E-state index in [1.54, 1.807) is 0 Å². The molecular formula is C9H18O4. The molecule has 0 saturated heterocycles. The molecule has 1 rings (SSSR count). The topological polar surface area (TPSA) is 58.9 Å². The maximum Gasteiger partial charge on any atom is 0.233 e. The average molecular weight is 190 g/mol. The lowest BCUT2D eigenvalue weighted by Crippen LogP contribution is -2.38. The second-order valence-electron chi connectivity index (χ2n) is 3.83. The van der Waals surface area contributed by atoms with Gasteiger partial charge in [0, 0.05) is 12.8 Å². The summed E-state index contributed by atoms with van der Waals surface area (Å²) in [5.74, 6) is -0.465. The van der Waals surface area contributed by atoms with Crippen LogP contribution in [0.15, 0.2) is 0 Å². The van der Waals surface area contributed by atoms with Crippen LogP contribution in [0.4, 0.5) is 0 Å². The summed E-state index contributed by atoms with van der Waals surface area (Å²) in [5, 5.41) is 17.1. The molecular weight excluding hydrogens is 172 g/mol. The normalized spacial score (nSPS) is 23.3. The summed E-state index contributed by atoms with van der Waals surface area (Å²) >= 11 is 0. The summed E-state index contributed by atoms with van der Waals surface area (Å²) in [6.07, 6.45) is 5.38. The molecule has 0 amide bonds. The van der Waals surface area contributed by atoms with Crippen LogP contribution in [-0.2, 0) is 9.78 Å². The minimum absolute atomic E-state index is 0.560. The molecule has 0 atom stereocenters. The molecule has 0 aromatic heterocycles. The standard InChI is InChI=1S/C9H18O4/c1-2-3-8-4-6-9(12-10,13-11)7-5-8/h8,10-11H,2-7H2,1H3. The van der Waals surface area contributed by atoms with E-state index >= 15 is 0 Å². The van der Waals surface area contributed by atoms with Crippen LogP contribution in [0.1, 0.15) is 45.4 Å². The maximum atomic E-state index is 8.57. The smallest absolute Gasteiger partial charge is 0.233 e. The highest BCUT2D eigenvalue weighted by atomic mass is 17.2. The monoisotopic (exact) mass is 190 g/mol. The summed E-state index contributed by atoms with van der Waals surface area (Å²) < 4.78 is 0. The SMILES string of the molecule is CCCC1CCC(OO)(OO)CC1. The first-order valence-electron chi connectivity index (χ1n) is 4.91. The Balaban J connectivity index is 2.36. The first-order valence-corrected chi connectivity index (χ1v) is 4.91. The first-order chi connectivity index (χ1) is 6.26. The van der Waals surface area contributed by atoms with Crippen molar-refractivity contribution in [3.05, 3.63) is 0 Å². The van der Waals surface area contributed by atoms with Crippen LogP contribution >= 0.6 is 0 Å². The van der Waals surface area contributed by atoms with Crippen molar-refractivity contribution in [1.82, 2.24) is 0 Å². The molecule has 0 bridgehead atoms. The first kappa shape index (κ1) is 10.9. The lowest BCUT2D eigenvalue weighted by Gasteiger charge is -2.34. The average Bonchev–Trinajstić information content (AvgIpc) is 2.20. The lowest BCUT2D eigenvalue weighted by atomic mass is 9.83. The van der Waals surface area contributed by atoms with Crippen LogP contribution in [0.3, 0.4) is 0 Å². The maximum absolute atomic E-state index is 8.57. The second kappa shape index (κ2) is 4.91. The van der Waals surface area contributed by atoms with Crippen molar-refractivity contribution in [2.75, 3.05) is 0 Å². The van der Waals surface area contributed by atoms with Crippen molar-refractivity contribution in [3.63, 3.8) is 0 Å². The van der Waals surface area contributed by atoms with Gasteiger partial charge in [0.2, 0.25) is 5.79 Å². The molecule has 0 spiro atoms. The van der Waals surface area contributed by atoms with Crippen LogP contribution in [0.5, 0.6) is 0 Å². The van der Waals surface area contributed by atoms with Gasteiger partial charge in [0.1, 0.15) is 0 Å². The Kier molecular flexibility index (Phi) is 4.12. The summed E-state index contributed by atoms with van der Waals surface area (Å²) in [6.45, 7) is 2.16. The highest BCUT2D eigenvalue weighted by Gasteiger charge is 2.38. The van der Waals surface area contributed by atoms with Crippen LogP contribution in [0, 0.1) is 5.92 Å². The van der Waals surface area contributed by atoms with E-state index in [-0.39, 0.29) is 0 Å². The molecule has 0 heterocycles. The van der Waals surface area contributed by atoms with Crippen LogP contribution in [-0.4, -0.2) is 16.3 Å². The Morgan fingerprint density at radius 1 is 1.23 bits per heavy atom. The molecule has 13 heavy (non-hydrogen) atoms. The molecule has 1 saturated carbocycles. The fourth-order valence-electron chi connectivity index (χ4n) is 2.01. The Morgan fingerprint density at radius 3 is 2.15 bits per heavy atom. The number of rotatable bonds is 4. The molecule has 0 radical (unpaired) electrons. The van der Waals surface area contributed by atoms with Crippen LogP contribution < -0.4 is 0 Å². The quantitative estimate of drug-likeness (QED) is 0.406. The van der Waals surface area contributed by atoms with Gasteiger partial charge in [0.25, 0.3) is 0 Å². The van der Waals surface area contributed by atoms with Crippen molar-refractivity contribution in [3.8, 4) is 0 Å². The van der Waals surface area contributed by atoms with Gasteiger partial charge >= 0.3 is 0 Å². The summed E-state index contributed by atoms with van der Waals surface area (Å²) in [7, 11) is 0. The molecule has 1 aliphatic carbocycles. The molecule has 1 aliphatic rings. The van der Waals surface area contributed by atoms with E-state index < -0.39 is 5.79 Å². The van der Waals surface area contributed by atoms with Crippen molar-refractivity contribution in [1.29, 1.82) is 0 Å². The van der Waals surface area contributed by atoms with Gasteiger partial charge in [-0.3, -0.25) is 0 Å². The summed E-state index contributed by atoms with van der Waals surface area (Å²) in [6, 6.07) is 0. The van der Waals surface area contributed by atoms with E-state index in [4.69, 9.17) is 10.5 Å². The molecule has 0 aromatic rings. The zero-order chi connectivity index (χ0) is 9.73. The van der Waals surface area contributed by atoms with E-state index in [1.165, 1.54) is 12.8 Å². The van der Waals surface area contributed by atoms with Gasteiger partial charge in [-0.05, 0) is 18.8 Å². The zero-order valence-electron chi connectivity index (χ0n) is 8.03. The Labute approximate surface area is 78.3 Å². The number of hydrogen-bond donors (Lipinski definition) is 2. The van der Waals surface area contributed by atoms with E-state index in [9.17, 15) is 0 Å². The minimum Gasteiger partial charge on any atom is -0.249 e. The molecule has 1 fully saturated rings. The van der Waals surface area contributed by atoms with Crippen molar-refractivity contribution in [2.24, 2.45) is 5.92 Å². The predicted molar refractivity (Wildman–Crippen MR) is 47.0 cm³/mol. The fourth-order valence-corrected chi connectivity index (χ4v) is 2.01. The molecule has 4 nitrogen and oxygen atoms in total. The van der Waals surface area contributed by atoms with Gasteiger partial charge in [0.15, 0.2) is 0 Å². The van der Waals surface area contributed by atoms with Crippen molar-refractivity contribution < 1.29 is 20.3 Å². The molecule has 0 aliphatic heterocycles. The largest absolute Gasteiger partial charge is 0.249 e. The fraction of sp³-hybridized carbons (Fsp3) is 1.00. The van der Waals surface area contributed by atoms with E-state index in [0.29, 0.717) is 18.8 Å². The second-order valence-corrected chi connectivity index (χ2v) is 3.83. The highest BCUT2D eigenvalue weighted by molar-refractivity contribution is 4.77. The highest BCUT2D eigenvalue weighted by Crippen LogP contribution is 2.36. The number of hydrogen-bond acceptors (Lipinski definition) is 4. The third-order valence-electron chi connectivity index (χ3n) is 2.90. The van der Waals surface area contributed by atoms with E-state index in [0.717, 1.165) is 12.8 Å². The zero-order valence-corrected chi connectivity index (χ0v) is 8.03. The minimum atomic E-state index is -1.15. The van der Waals surface area contributed by atoms with E-state index in [1.807, 2.05) is 0 Å². The third kappa shape index (κ3) is 2.64. The van der Waals surface area contributed by atoms with Gasteiger partial charge < -0.3 is 0 Å². The van der Waals surface area contributed by atoms with E-state index in [2.05, 4.69) is 16.7 Å². The van der Waals surface area contributed by atoms with Crippen molar-refractivity contribution >= 4 is 0 Å². The third-order valence-corrected chi connectivity index (χ3v) is 2.90. The lowest BCUT2D eigenvalue weighted by molar-refractivity contribution is -0.493. The summed E-state index contributed by atoms with van der Waals surface area (Å²) in [4.78, 5) is 8.36. The van der Waals surface area contributed by atoms with Gasteiger partial charge in [-0.25, -0.2) is 20.3 Å². The van der Waals surface area contributed by atoms with Crippen LogP contribution in [0.2, 0.25) is 0 Å². The molecule has 0 aromatic carbocycles. The molecule has 78 valence electrons. The van der Waals surface area contributed by atoms with Gasteiger partial charge in [-0.1, -0.05) is 19.8 Å². The van der Waals surface area contributed by atoms with Gasteiger partial charge in [0.05, 0.1) is 0 Å². The van der Waals surface area contributed by atoms with Gasteiger partial charge in [-0.2, -0.15) is 0 Å². The Morgan fingerprint density at radius 2 is 1.77 bits per heavy atom. The Bertz CT molecular complexity index is 135. The van der Waals surface area contributed by atoms with Crippen molar-refractivity contribution in [2.45, 2.75) is 51.2 Å². The molecule has 4 heteroatoms. The molecule has 2 N–H and O–H groups in total. The predicted octanol–water partition coefficient (Wildman–Crippen LogP) is 2.65. The van der Waals surface area contributed by atoms with Crippen LogP contribution in [0.25, 0.3) is 0 Å². The summed E-state index contributed by atoms with van der Waals surface area (Å²) in [5.41, 5.74) is 0. The van der Waals surface area contributed by atoms with Gasteiger partial charge in [-0.15, -0.1) is 0 Å². The molecule has 0 unspecified atom stereocenters.